The predicted molar refractivity (Wildman–Crippen MR) is 48.7 cm³/mol. The fraction of sp³-hybridized carbons (Fsp3) is 1.00. The van der Waals surface area contributed by atoms with Crippen LogP contribution in [0.5, 0.6) is 0 Å². The average Bonchev–Trinajstić information content (AvgIpc) is 2.15. The minimum absolute atomic E-state index is 0.658. The number of hydrogen-bond donors (Lipinski definition) is 0. The summed E-state index contributed by atoms with van der Waals surface area (Å²) in [7, 11) is 1.58. The first-order chi connectivity index (χ1) is 5.84. The maximum Gasteiger partial charge on any atom is 0.0850 e. The molecule has 0 aromatic heterocycles. The molecule has 1 saturated carbocycles. The van der Waals surface area contributed by atoms with Gasteiger partial charge in [-0.25, -0.2) is 9.78 Å². The van der Waals surface area contributed by atoms with Crippen molar-refractivity contribution in [3.05, 3.63) is 0 Å². The highest BCUT2D eigenvalue weighted by molar-refractivity contribution is 4.70. The molecule has 0 aromatic rings. The molecule has 1 aliphatic rings. The summed E-state index contributed by atoms with van der Waals surface area (Å²) >= 11 is 0. The molecule has 0 heterocycles. The molecule has 72 valence electrons. The van der Waals surface area contributed by atoms with Crippen molar-refractivity contribution >= 4 is 0 Å². The van der Waals surface area contributed by atoms with E-state index in [0.717, 1.165) is 12.5 Å². The molecule has 1 atom stereocenters. The zero-order valence-corrected chi connectivity index (χ0v) is 8.21. The molecular formula is C10H20O2. The molecule has 1 fully saturated rings. The Kier molecular flexibility index (Phi) is 4.62. The molecule has 1 unspecified atom stereocenters. The van der Waals surface area contributed by atoms with Crippen LogP contribution in [-0.2, 0) is 9.78 Å². The van der Waals surface area contributed by atoms with Crippen LogP contribution in [0.25, 0.3) is 0 Å². The van der Waals surface area contributed by atoms with Crippen molar-refractivity contribution in [2.75, 3.05) is 13.7 Å². The van der Waals surface area contributed by atoms with Crippen molar-refractivity contribution in [3.8, 4) is 0 Å². The van der Waals surface area contributed by atoms with Crippen molar-refractivity contribution < 1.29 is 9.78 Å². The molecule has 0 N–H and O–H groups in total. The summed E-state index contributed by atoms with van der Waals surface area (Å²) in [6.07, 6.45) is 7.00. The quantitative estimate of drug-likeness (QED) is 0.479. The van der Waals surface area contributed by atoms with E-state index in [1.165, 1.54) is 32.1 Å². The van der Waals surface area contributed by atoms with E-state index in [1.807, 2.05) is 0 Å². The zero-order chi connectivity index (χ0) is 8.81. The first-order valence-corrected chi connectivity index (χ1v) is 5.00. The van der Waals surface area contributed by atoms with Crippen molar-refractivity contribution in [2.45, 2.75) is 39.0 Å². The Balaban J connectivity index is 2.15. The summed E-state index contributed by atoms with van der Waals surface area (Å²) in [6, 6.07) is 0. The third-order valence-corrected chi connectivity index (χ3v) is 2.90. The molecule has 12 heavy (non-hydrogen) atoms. The molecule has 1 rings (SSSR count). The molecule has 0 saturated heterocycles. The third kappa shape index (κ3) is 3.11. The first-order valence-electron chi connectivity index (χ1n) is 5.00. The van der Waals surface area contributed by atoms with Gasteiger partial charge in [0.25, 0.3) is 0 Å². The summed E-state index contributed by atoms with van der Waals surface area (Å²) in [6.45, 7) is 3.01. The third-order valence-electron chi connectivity index (χ3n) is 2.90. The zero-order valence-electron chi connectivity index (χ0n) is 8.21. The summed E-state index contributed by atoms with van der Waals surface area (Å²) in [5, 5.41) is 0. The smallest absolute Gasteiger partial charge is 0.0850 e. The Labute approximate surface area is 75.2 Å². The molecule has 1 aliphatic carbocycles. The Morgan fingerprint density at radius 1 is 1.25 bits per heavy atom. The van der Waals surface area contributed by atoms with Crippen LogP contribution in [0.3, 0.4) is 0 Å². The van der Waals surface area contributed by atoms with E-state index in [-0.39, 0.29) is 0 Å². The molecule has 2 heteroatoms. The van der Waals surface area contributed by atoms with Gasteiger partial charge in [-0.1, -0.05) is 39.0 Å². The Hall–Kier alpha value is -0.0800. The second-order valence-electron chi connectivity index (χ2n) is 3.83. The molecule has 0 amide bonds. The van der Waals surface area contributed by atoms with E-state index >= 15 is 0 Å². The van der Waals surface area contributed by atoms with Gasteiger partial charge in [-0.3, -0.25) is 0 Å². The van der Waals surface area contributed by atoms with Crippen LogP contribution < -0.4 is 0 Å². The fourth-order valence-corrected chi connectivity index (χ4v) is 2.01. The van der Waals surface area contributed by atoms with Gasteiger partial charge in [0, 0.05) is 0 Å². The van der Waals surface area contributed by atoms with Gasteiger partial charge in [0.15, 0.2) is 0 Å². The Morgan fingerprint density at radius 3 is 2.50 bits per heavy atom. The topological polar surface area (TPSA) is 18.5 Å². The normalized spacial score (nSPS) is 22.5. The fourth-order valence-electron chi connectivity index (χ4n) is 2.01. The highest BCUT2D eigenvalue weighted by atomic mass is 17.2. The van der Waals surface area contributed by atoms with Gasteiger partial charge >= 0.3 is 0 Å². The average molecular weight is 172 g/mol. The highest BCUT2D eigenvalue weighted by Crippen LogP contribution is 2.29. The van der Waals surface area contributed by atoms with E-state index in [9.17, 15) is 0 Å². The van der Waals surface area contributed by atoms with Crippen molar-refractivity contribution in [2.24, 2.45) is 11.8 Å². The molecule has 0 spiro atoms. The second kappa shape index (κ2) is 5.55. The lowest BCUT2D eigenvalue weighted by atomic mass is 9.81. The maximum absolute atomic E-state index is 4.95. The molecular weight excluding hydrogens is 152 g/mol. The predicted octanol–water partition coefficient (Wildman–Crippen LogP) is 2.78. The largest absolute Gasteiger partial charge is 0.240 e. The minimum atomic E-state index is 0.658. The summed E-state index contributed by atoms with van der Waals surface area (Å²) in [5.74, 6) is 1.53. The van der Waals surface area contributed by atoms with Gasteiger partial charge in [0.2, 0.25) is 0 Å². The second-order valence-corrected chi connectivity index (χ2v) is 3.83. The van der Waals surface area contributed by atoms with Crippen LogP contribution in [0.15, 0.2) is 0 Å². The van der Waals surface area contributed by atoms with Gasteiger partial charge < -0.3 is 0 Å². The van der Waals surface area contributed by atoms with Crippen LogP contribution in [0.1, 0.15) is 39.0 Å². The van der Waals surface area contributed by atoms with E-state index in [4.69, 9.17) is 4.89 Å². The van der Waals surface area contributed by atoms with Gasteiger partial charge in [-0.15, -0.1) is 0 Å². The van der Waals surface area contributed by atoms with Crippen LogP contribution in [-0.4, -0.2) is 13.7 Å². The van der Waals surface area contributed by atoms with E-state index in [0.29, 0.717) is 5.92 Å². The number of hydrogen-bond acceptors (Lipinski definition) is 2. The van der Waals surface area contributed by atoms with Crippen molar-refractivity contribution in [1.29, 1.82) is 0 Å². The van der Waals surface area contributed by atoms with Gasteiger partial charge in [-0.05, 0) is 11.8 Å². The maximum atomic E-state index is 4.95. The molecule has 0 bridgehead atoms. The lowest BCUT2D eigenvalue weighted by Crippen LogP contribution is -2.19. The SMILES string of the molecule is COOCC(C)C1CCCCC1. The molecule has 0 aromatic carbocycles. The number of rotatable bonds is 4. The van der Waals surface area contributed by atoms with Gasteiger partial charge in [0.05, 0.1) is 13.7 Å². The first kappa shape index (κ1) is 10.0. The van der Waals surface area contributed by atoms with Crippen LogP contribution in [0.4, 0.5) is 0 Å². The van der Waals surface area contributed by atoms with Crippen LogP contribution >= 0.6 is 0 Å². The van der Waals surface area contributed by atoms with E-state index < -0.39 is 0 Å². The van der Waals surface area contributed by atoms with E-state index in [1.54, 1.807) is 7.11 Å². The lowest BCUT2D eigenvalue weighted by molar-refractivity contribution is -0.281. The highest BCUT2D eigenvalue weighted by Gasteiger charge is 2.19. The Bertz CT molecular complexity index is 108. The molecule has 0 aliphatic heterocycles. The van der Waals surface area contributed by atoms with Gasteiger partial charge in [0.1, 0.15) is 0 Å². The van der Waals surface area contributed by atoms with Crippen molar-refractivity contribution in [1.82, 2.24) is 0 Å². The monoisotopic (exact) mass is 172 g/mol. The van der Waals surface area contributed by atoms with Crippen molar-refractivity contribution in [3.63, 3.8) is 0 Å². The lowest BCUT2D eigenvalue weighted by Gasteiger charge is -2.26. The summed E-state index contributed by atoms with van der Waals surface area (Å²) in [4.78, 5) is 9.55. The van der Waals surface area contributed by atoms with Gasteiger partial charge in [-0.2, -0.15) is 0 Å². The summed E-state index contributed by atoms with van der Waals surface area (Å²) in [5.41, 5.74) is 0. The molecule has 0 radical (unpaired) electrons. The van der Waals surface area contributed by atoms with Crippen LogP contribution in [0.2, 0.25) is 0 Å². The molecule has 2 nitrogen and oxygen atoms in total. The minimum Gasteiger partial charge on any atom is -0.240 e. The standard InChI is InChI=1S/C10H20O2/c1-9(8-12-11-2)10-6-4-3-5-7-10/h9-10H,3-8H2,1-2H3. The summed E-state index contributed by atoms with van der Waals surface area (Å²) < 4.78 is 0. The van der Waals surface area contributed by atoms with E-state index in [2.05, 4.69) is 11.8 Å². The van der Waals surface area contributed by atoms with Crippen LogP contribution in [0, 0.1) is 11.8 Å². The Morgan fingerprint density at radius 2 is 1.92 bits per heavy atom.